The van der Waals surface area contributed by atoms with E-state index in [1.165, 1.54) is 5.57 Å². The van der Waals surface area contributed by atoms with Gasteiger partial charge in [-0.05, 0) is 80.0 Å². The van der Waals surface area contributed by atoms with Gasteiger partial charge in [0.25, 0.3) is 0 Å². The Morgan fingerprint density at radius 2 is 1.88 bits per heavy atom. The predicted octanol–water partition coefficient (Wildman–Crippen LogP) is 3.79. The topological polar surface area (TPSA) is 87.0 Å². The summed E-state index contributed by atoms with van der Waals surface area (Å²) in [6, 6.07) is 0. The summed E-state index contributed by atoms with van der Waals surface area (Å²) in [6.07, 6.45) is 9.53. The third-order valence-electron chi connectivity index (χ3n) is 8.26. The van der Waals surface area contributed by atoms with Crippen LogP contribution in [0, 0.1) is 28.6 Å². The number of hydrogen-bond acceptors (Lipinski definition) is 3. The second kappa shape index (κ2) is 5.90. The van der Waals surface area contributed by atoms with Crippen LogP contribution in [-0.2, 0) is 9.09 Å². The lowest BCUT2D eigenvalue weighted by Crippen LogP contribution is -2.51. The Balaban J connectivity index is 1.61. The molecule has 0 unspecified atom stereocenters. The van der Waals surface area contributed by atoms with E-state index in [9.17, 15) is 19.5 Å². The lowest BCUT2D eigenvalue weighted by Gasteiger charge is -2.57. The Bertz CT molecular complexity index is 627. The molecule has 4 rings (SSSR count). The summed E-state index contributed by atoms with van der Waals surface area (Å²) >= 11 is 0. The number of hydrogen-bond donors (Lipinski definition) is 3. The summed E-state index contributed by atoms with van der Waals surface area (Å²) in [4.78, 5) is 18.6. The van der Waals surface area contributed by atoms with Crippen LogP contribution < -0.4 is 0 Å². The van der Waals surface area contributed by atoms with E-state index in [0.29, 0.717) is 17.8 Å². The number of phosphoric acid groups is 1. The highest BCUT2D eigenvalue weighted by Crippen LogP contribution is 2.66. The molecule has 142 valence electrons. The van der Waals surface area contributed by atoms with Crippen LogP contribution >= 0.6 is 7.82 Å². The van der Waals surface area contributed by atoms with Gasteiger partial charge >= 0.3 is 7.82 Å². The standard InChI is InChI=1S/C19H31O5P/c1-18-9-7-13(20)11-12(18)3-4-14-15-5-6-17(24-25(21,22)23)19(15,2)10-8-16(14)18/h3,13-17,20H,4-11H2,1-2H3,(H2,21,22,23)/t13-,14-,15-,16-,17-,18-,19-/m0/s1. The lowest BCUT2D eigenvalue weighted by molar-refractivity contribution is -0.0695. The van der Waals surface area contributed by atoms with Gasteiger partial charge in [0.15, 0.2) is 0 Å². The minimum Gasteiger partial charge on any atom is -0.393 e. The molecule has 0 aromatic rings. The van der Waals surface area contributed by atoms with Gasteiger partial charge in [0.1, 0.15) is 0 Å². The zero-order valence-electron chi connectivity index (χ0n) is 15.2. The van der Waals surface area contributed by atoms with Crippen molar-refractivity contribution >= 4 is 7.82 Å². The molecular formula is C19H31O5P. The molecule has 0 aromatic carbocycles. The van der Waals surface area contributed by atoms with Gasteiger partial charge in [0.2, 0.25) is 0 Å². The van der Waals surface area contributed by atoms with Crippen molar-refractivity contribution in [2.45, 2.75) is 77.4 Å². The van der Waals surface area contributed by atoms with Gasteiger partial charge in [-0.15, -0.1) is 0 Å². The van der Waals surface area contributed by atoms with Gasteiger partial charge < -0.3 is 14.9 Å². The largest absolute Gasteiger partial charge is 0.469 e. The number of allylic oxidation sites excluding steroid dienone is 1. The third-order valence-corrected chi connectivity index (χ3v) is 8.78. The Labute approximate surface area is 150 Å². The van der Waals surface area contributed by atoms with Crippen molar-refractivity contribution in [2.75, 3.05) is 0 Å². The molecule has 6 heteroatoms. The van der Waals surface area contributed by atoms with Crippen molar-refractivity contribution in [3.63, 3.8) is 0 Å². The lowest BCUT2D eigenvalue weighted by atomic mass is 9.48. The minimum atomic E-state index is -4.44. The highest BCUT2D eigenvalue weighted by molar-refractivity contribution is 7.46. The van der Waals surface area contributed by atoms with Gasteiger partial charge in [-0.2, -0.15) is 0 Å². The molecule has 0 heterocycles. The molecule has 7 atom stereocenters. The van der Waals surface area contributed by atoms with Crippen LogP contribution in [0.4, 0.5) is 0 Å². The quantitative estimate of drug-likeness (QED) is 0.509. The van der Waals surface area contributed by atoms with Crippen LogP contribution in [0.15, 0.2) is 11.6 Å². The van der Waals surface area contributed by atoms with Gasteiger partial charge in [0, 0.05) is 0 Å². The van der Waals surface area contributed by atoms with Crippen molar-refractivity contribution in [1.82, 2.24) is 0 Å². The predicted molar refractivity (Wildman–Crippen MR) is 94.6 cm³/mol. The molecule has 25 heavy (non-hydrogen) atoms. The molecule has 3 saturated carbocycles. The fourth-order valence-electron chi connectivity index (χ4n) is 6.93. The molecule has 0 saturated heterocycles. The van der Waals surface area contributed by atoms with E-state index in [-0.39, 0.29) is 23.0 Å². The van der Waals surface area contributed by atoms with Crippen LogP contribution in [0.3, 0.4) is 0 Å². The monoisotopic (exact) mass is 370 g/mol. The van der Waals surface area contributed by atoms with Crippen molar-refractivity contribution < 1.29 is 24.0 Å². The van der Waals surface area contributed by atoms with Crippen LogP contribution in [0.25, 0.3) is 0 Å². The Morgan fingerprint density at radius 1 is 1.12 bits per heavy atom. The van der Waals surface area contributed by atoms with Gasteiger partial charge in [-0.1, -0.05) is 25.5 Å². The van der Waals surface area contributed by atoms with Crippen molar-refractivity contribution in [3.05, 3.63) is 11.6 Å². The maximum absolute atomic E-state index is 11.4. The van der Waals surface area contributed by atoms with E-state index in [1.807, 2.05) is 0 Å². The summed E-state index contributed by atoms with van der Waals surface area (Å²) in [5, 5.41) is 10.1. The summed E-state index contributed by atoms with van der Waals surface area (Å²) in [5.74, 6) is 1.68. The fraction of sp³-hybridized carbons (Fsp3) is 0.895. The molecule has 5 nitrogen and oxygen atoms in total. The number of aliphatic hydroxyl groups is 1. The second-order valence-electron chi connectivity index (χ2n) is 9.36. The summed E-state index contributed by atoms with van der Waals surface area (Å²) in [5.41, 5.74) is 1.53. The second-order valence-corrected chi connectivity index (χ2v) is 10.6. The number of aliphatic hydroxyl groups excluding tert-OH is 1. The van der Waals surface area contributed by atoms with Crippen molar-refractivity contribution in [1.29, 1.82) is 0 Å². The zero-order chi connectivity index (χ0) is 18.0. The van der Waals surface area contributed by atoms with Crippen LogP contribution in [0.5, 0.6) is 0 Å². The molecule has 0 aliphatic heterocycles. The van der Waals surface area contributed by atoms with Crippen LogP contribution in [0.1, 0.15) is 65.2 Å². The van der Waals surface area contributed by atoms with E-state index in [4.69, 9.17) is 4.52 Å². The van der Waals surface area contributed by atoms with Crippen molar-refractivity contribution in [2.24, 2.45) is 28.6 Å². The summed E-state index contributed by atoms with van der Waals surface area (Å²) in [7, 11) is -4.44. The average molecular weight is 370 g/mol. The molecule has 4 aliphatic carbocycles. The van der Waals surface area contributed by atoms with E-state index in [0.717, 1.165) is 51.4 Å². The molecule has 0 bridgehead atoms. The maximum atomic E-state index is 11.4. The van der Waals surface area contributed by atoms with Crippen LogP contribution in [0.2, 0.25) is 0 Å². The van der Waals surface area contributed by atoms with E-state index in [1.54, 1.807) is 0 Å². The van der Waals surface area contributed by atoms with E-state index < -0.39 is 7.82 Å². The van der Waals surface area contributed by atoms with Gasteiger partial charge in [-0.25, -0.2) is 4.57 Å². The van der Waals surface area contributed by atoms with Gasteiger partial charge in [0.05, 0.1) is 12.2 Å². The first-order valence-corrected chi connectivity index (χ1v) is 11.3. The Hall–Kier alpha value is -0.190. The molecule has 3 fully saturated rings. The van der Waals surface area contributed by atoms with Gasteiger partial charge in [-0.3, -0.25) is 4.52 Å². The number of rotatable bonds is 2. The normalized spacial score (nSPS) is 49.8. The highest BCUT2D eigenvalue weighted by atomic mass is 31.2. The van der Waals surface area contributed by atoms with E-state index >= 15 is 0 Å². The summed E-state index contributed by atoms with van der Waals surface area (Å²) < 4.78 is 16.6. The zero-order valence-corrected chi connectivity index (χ0v) is 16.1. The molecule has 0 radical (unpaired) electrons. The van der Waals surface area contributed by atoms with E-state index in [2.05, 4.69) is 19.9 Å². The average Bonchev–Trinajstić information content (AvgIpc) is 2.83. The first-order valence-electron chi connectivity index (χ1n) is 9.75. The molecule has 0 aromatic heterocycles. The SMILES string of the molecule is C[C@]12CC[C@H]3[C@@H](CC=C4C[C@@H](O)CC[C@@]43C)[C@@H]1CC[C@@H]2OP(=O)(O)O. The van der Waals surface area contributed by atoms with Crippen LogP contribution in [-0.4, -0.2) is 27.1 Å². The molecule has 0 amide bonds. The first-order chi connectivity index (χ1) is 11.6. The highest BCUT2D eigenvalue weighted by Gasteiger charge is 2.59. The Kier molecular flexibility index (Phi) is 4.29. The summed E-state index contributed by atoms with van der Waals surface area (Å²) in [6.45, 7) is 4.58. The minimum absolute atomic E-state index is 0.127. The fourth-order valence-corrected chi connectivity index (χ4v) is 7.61. The maximum Gasteiger partial charge on any atom is 0.469 e. The smallest absolute Gasteiger partial charge is 0.393 e. The molecule has 4 aliphatic rings. The number of fused-ring (bicyclic) bond motifs is 5. The third kappa shape index (κ3) is 2.87. The molecule has 3 N–H and O–H groups in total. The molecular weight excluding hydrogens is 339 g/mol. The first kappa shape index (κ1) is 18.2. The number of phosphoric ester groups is 1. The van der Waals surface area contributed by atoms with Crippen molar-refractivity contribution in [3.8, 4) is 0 Å². The Morgan fingerprint density at radius 3 is 2.60 bits per heavy atom. The molecule has 0 spiro atoms.